The second kappa shape index (κ2) is 7.46. The van der Waals surface area contributed by atoms with Crippen LogP contribution in [-0.4, -0.2) is 21.1 Å². The average Bonchev–Trinajstić information content (AvgIpc) is 2.98. The van der Waals surface area contributed by atoms with Gasteiger partial charge in [0.05, 0.1) is 6.61 Å². The van der Waals surface area contributed by atoms with Crippen LogP contribution in [0.25, 0.3) is 0 Å². The summed E-state index contributed by atoms with van der Waals surface area (Å²) in [4.78, 5) is 0. The lowest BCUT2D eigenvalue weighted by atomic mass is 10.1. The predicted molar refractivity (Wildman–Crippen MR) is 96.1 cm³/mol. The van der Waals surface area contributed by atoms with Crippen molar-refractivity contribution in [3.05, 3.63) is 69.3 Å². The van der Waals surface area contributed by atoms with Crippen molar-refractivity contribution in [1.82, 2.24) is 0 Å². The number of halogens is 1. The predicted octanol–water partition coefficient (Wildman–Crippen LogP) is 2.67. The molecule has 2 N–H and O–H groups in total. The zero-order valence-electron chi connectivity index (χ0n) is 12.5. The number of ether oxygens (including phenoxy) is 2. The standard InChI is InChI=1S/C16H16INO5S/c17-13-9-5-4-8-12(13)15-14(10-21-24(18,19)20)22-16(23-15)11-6-2-1-3-7-11/h1-9,14-16H,10H2,(H2,18,19,20)/t14-,15-,16?/m0/s1. The van der Waals surface area contributed by atoms with E-state index in [1.807, 2.05) is 54.6 Å². The van der Waals surface area contributed by atoms with E-state index < -0.39 is 28.8 Å². The highest BCUT2D eigenvalue weighted by atomic mass is 127. The highest BCUT2D eigenvalue weighted by Crippen LogP contribution is 2.41. The molecule has 1 aliphatic heterocycles. The Morgan fingerprint density at radius 2 is 1.71 bits per heavy atom. The van der Waals surface area contributed by atoms with Crippen LogP contribution < -0.4 is 5.14 Å². The maximum atomic E-state index is 11.1. The molecule has 0 radical (unpaired) electrons. The van der Waals surface area contributed by atoms with Gasteiger partial charge >= 0.3 is 10.3 Å². The Balaban J connectivity index is 1.86. The van der Waals surface area contributed by atoms with Gasteiger partial charge < -0.3 is 9.47 Å². The van der Waals surface area contributed by atoms with Crippen molar-refractivity contribution in [3.63, 3.8) is 0 Å². The molecule has 1 heterocycles. The third-order valence-corrected chi connectivity index (χ3v) is 5.03. The molecule has 128 valence electrons. The van der Waals surface area contributed by atoms with Gasteiger partial charge in [0.1, 0.15) is 12.2 Å². The van der Waals surface area contributed by atoms with Crippen LogP contribution in [0.5, 0.6) is 0 Å². The van der Waals surface area contributed by atoms with E-state index in [9.17, 15) is 8.42 Å². The third-order valence-electron chi connectivity index (χ3n) is 3.59. The highest BCUT2D eigenvalue weighted by molar-refractivity contribution is 14.1. The average molecular weight is 461 g/mol. The highest BCUT2D eigenvalue weighted by Gasteiger charge is 2.39. The molecule has 3 rings (SSSR count). The molecule has 0 aromatic heterocycles. The third kappa shape index (κ3) is 4.32. The van der Waals surface area contributed by atoms with Crippen LogP contribution in [0, 0.1) is 3.57 Å². The molecule has 1 aliphatic rings. The maximum Gasteiger partial charge on any atom is 0.333 e. The molecule has 8 heteroatoms. The van der Waals surface area contributed by atoms with Gasteiger partial charge in [-0.15, -0.1) is 0 Å². The number of rotatable bonds is 5. The van der Waals surface area contributed by atoms with Crippen LogP contribution in [0.3, 0.4) is 0 Å². The first-order chi connectivity index (χ1) is 11.4. The van der Waals surface area contributed by atoms with Crippen molar-refractivity contribution >= 4 is 32.9 Å². The summed E-state index contributed by atoms with van der Waals surface area (Å²) in [6.45, 7) is -0.211. The Morgan fingerprint density at radius 3 is 2.38 bits per heavy atom. The van der Waals surface area contributed by atoms with Crippen LogP contribution in [0.2, 0.25) is 0 Å². The molecule has 1 fully saturated rings. The normalized spacial score (nSPS) is 24.2. The van der Waals surface area contributed by atoms with Crippen molar-refractivity contribution in [3.8, 4) is 0 Å². The van der Waals surface area contributed by atoms with Crippen molar-refractivity contribution in [1.29, 1.82) is 0 Å². The van der Waals surface area contributed by atoms with Crippen molar-refractivity contribution in [2.75, 3.05) is 6.61 Å². The first-order valence-corrected chi connectivity index (χ1v) is 9.76. The van der Waals surface area contributed by atoms with Crippen LogP contribution >= 0.6 is 22.6 Å². The lowest BCUT2D eigenvalue weighted by Crippen LogP contribution is -2.27. The molecule has 1 saturated heterocycles. The van der Waals surface area contributed by atoms with Gasteiger partial charge in [-0.1, -0.05) is 48.5 Å². The van der Waals surface area contributed by atoms with E-state index in [4.69, 9.17) is 18.8 Å². The van der Waals surface area contributed by atoms with Crippen LogP contribution in [0.1, 0.15) is 23.5 Å². The van der Waals surface area contributed by atoms with Crippen molar-refractivity contribution in [2.24, 2.45) is 5.14 Å². The van der Waals surface area contributed by atoms with Crippen LogP contribution in [0.4, 0.5) is 0 Å². The summed E-state index contributed by atoms with van der Waals surface area (Å²) in [5, 5.41) is 4.93. The molecule has 0 aliphatic carbocycles. The summed E-state index contributed by atoms with van der Waals surface area (Å²) in [6, 6.07) is 17.1. The molecular weight excluding hydrogens is 445 g/mol. The summed E-state index contributed by atoms with van der Waals surface area (Å²) in [7, 11) is -4.05. The fourth-order valence-corrected chi connectivity index (χ4v) is 3.54. The first kappa shape index (κ1) is 17.8. The Bertz CT molecular complexity index is 799. The molecule has 0 bridgehead atoms. The van der Waals surface area contributed by atoms with E-state index in [0.29, 0.717) is 0 Å². The Kier molecular flexibility index (Phi) is 5.52. The molecule has 3 atom stereocenters. The van der Waals surface area contributed by atoms with Gasteiger partial charge in [-0.3, -0.25) is 4.18 Å². The van der Waals surface area contributed by atoms with E-state index in [1.165, 1.54) is 0 Å². The molecule has 6 nitrogen and oxygen atoms in total. The molecule has 0 saturated carbocycles. The molecule has 0 spiro atoms. The van der Waals surface area contributed by atoms with Gasteiger partial charge in [0.2, 0.25) is 0 Å². The lowest BCUT2D eigenvalue weighted by Gasteiger charge is -2.17. The van der Waals surface area contributed by atoms with Gasteiger partial charge in [0, 0.05) is 9.13 Å². The van der Waals surface area contributed by atoms with E-state index in [0.717, 1.165) is 14.7 Å². The molecule has 0 amide bonds. The molecular formula is C16H16INO5S. The summed E-state index contributed by atoms with van der Waals surface area (Å²) >= 11 is 2.21. The van der Waals surface area contributed by atoms with E-state index in [1.54, 1.807) is 0 Å². The van der Waals surface area contributed by atoms with Crippen LogP contribution in [-0.2, 0) is 24.0 Å². The van der Waals surface area contributed by atoms with Gasteiger partial charge in [-0.2, -0.15) is 8.42 Å². The van der Waals surface area contributed by atoms with Gasteiger partial charge in [0.25, 0.3) is 0 Å². The maximum absolute atomic E-state index is 11.1. The minimum Gasteiger partial charge on any atom is -0.340 e. The Hall–Kier alpha value is -1.04. The fourth-order valence-electron chi connectivity index (χ4n) is 2.52. The number of benzene rings is 2. The van der Waals surface area contributed by atoms with Gasteiger partial charge in [0.15, 0.2) is 6.29 Å². The minimum atomic E-state index is -4.05. The fraction of sp³-hybridized carbons (Fsp3) is 0.250. The van der Waals surface area contributed by atoms with E-state index in [2.05, 4.69) is 22.6 Å². The largest absolute Gasteiger partial charge is 0.340 e. The van der Waals surface area contributed by atoms with E-state index in [-0.39, 0.29) is 6.61 Å². The number of hydrogen-bond acceptors (Lipinski definition) is 5. The molecule has 1 unspecified atom stereocenters. The second-order valence-electron chi connectivity index (χ2n) is 5.27. The minimum absolute atomic E-state index is 0.211. The summed E-state index contributed by atoms with van der Waals surface area (Å²) in [6.07, 6.45) is -1.64. The quantitative estimate of drug-likeness (QED) is 0.692. The number of hydrogen-bond donors (Lipinski definition) is 1. The van der Waals surface area contributed by atoms with Crippen LogP contribution in [0.15, 0.2) is 54.6 Å². The molecule has 24 heavy (non-hydrogen) atoms. The van der Waals surface area contributed by atoms with Gasteiger partial charge in [-0.05, 0) is 34.2 Å². The second-order valence-corrected chi connectivity index (χ2v) is 7.66. The van der Waals surface area contributed by atoms with Crippen molar-refractivity contribution < 1.29 is 22.1 Å². The lowest BCUT2D eigenvalue weighted by molar-refractivity contribution is -0.0727. The Labute approximate surface area is 154 Å². The first-order valence-electron chi connectivity index (χ1n) is 7.21. The molecule has 2 aromatic rings. The van der Waals surface area contributed by atoms with Gasteiger partial charge in [-0.25, -0.2) is 5.14 Å². The Morgan fingerprint density at radius 1 is 1.04 bits per heavy atom. The summed E-state index contributed by atoms with van der Waals surface area (Å²) < 4.78 is 39.9. The summed E-state index contributed by atoms with van der Waals surface area (Å²) in [5.74, 6) is 0. The SMILES string of the molecule is NS(=O)(=O)OC[C@@H]1OC(c2ccccc2)O[C@H]1c1ccccc1I. The van der Waals surface area contributed by atoms with Crippen molar-refractivity contribution in [2.45, 2.75) is 18.5 Å². The smallest absolute Gasteiger partial charge is 0.333 e. The monoisotopic (exact) mass is 461 g/mol. The zero-order valence-corrected chi connectivity index (χ0v) is 15.5. The van der Waals surface area contributed by atoms with E-state index >= 15 is 0 Å². The topological polar surface area (TPSA) is 87.9 Å². The zero-order chi connectivity index (χ0) is 17.2. The molecule has 2 aromatic carbocycles. The number of nitrogens with two attached hydrogens (primary N) is 1. The summed E-state index contributed by atoms with van der Waals surface area (Å²) in [5.41, 5.74) is 1.77.